The van der Waals surface area contributed by atoms with Crippen LogP contribution in [0, 0.1) is 0 Å². The van der Waals surface area contributed by atoms with Crippen molar-refractivity contribution in [2.45, 2.75) is 40.0 Å². The van der Waals surface area contributed by atoms with Crippen molar-refractivity contribution >= 4 is 11.0 Å². The summed E-state index contributed by atoms with van der Waals surface area (Å²) in [6, 6.07) is 7.34. The van der Waals surface area contributed by atoms with Gasteiger partial charge in [-0.3, -0.25) is 4.79 Å². The van der Waals surface area contributed by atoms with Crippen molar-refractivity contribution in [3.8, 4) is 28.4 Å². The lowest BCUT2D eigenvalue weighted by atomic mass is 9.99. The molecule has 0 bridgehead atoms. The summed E-state index contributed by atoms with van der Waals surface area (Å²) in [5.41, 5.74) is 3.72. The molecular formula is C25H26O5. The van der Waals surface area contributed by atoms with E-state index in [1.807, 2.05) is 13.0 Å². The Bertz CT molecular complexity index is 1190. The zero-order valence-corrected chi connectivity index (χ0v) is 17.4. The van der Waals surface area contributed by atoms with E-state index < -0.39 is 0 Å². The molecule has 0 saturated heterocycles. The van der Waals surface area contributed by atoms with E-state index in [1.54, 1.807) is 6.07 Å². The lowest BCUT2D eigenvalue weighted by molar-refractivity contribution is 0.400. The highest BCUT2D eigenvalue weighted by molar-refractivity contribution is 5.83. The molecule has 0 atom stereocenters. The third kappa shape index (κ3) is 4.74. The highest BCUT2D eigenvalue weighted by Crippen LogP contribution is 2.35. The molecular weight excluding hydrogens is 380 g/mol. The van der Waals surface area contributed by atoms with Crippen molar-refractivity contribution < 1.29 is 19.7 Å². The van der Waals surface area contributed by atoms with Crippen LogP contribution in [0.15, 0.2) is 69.1 Å². The topological polar surface area (TPSA) is 90.9 Å². The summed E-state index contributed by atoms with van der Waals surface area (Å²) < 4.78 is 5.51. The van der Waals surface area contributed by atoms with Crippen LogP contribution in [-0.2, 0) is 6.42 Å². The molecule has 0 amide bonds. The Labute approximate surface area is 175 Å². The quantitative estimate of drug-likeness (QED) is 0.355. The van der Waals surface area contributed by atoms with Gasteiger partial charge in [-0.2, -0.15) is 0 Å². The fraction of sp³-hybridized carbons (Fsp3) is 0.240. The molecule has 3 aromatic rings. The first kappa shape index (κ1) is 21.2. The number of phenolic OH excluding ortho intramolecular Hbond substituents is 3. The molecule has 5 heteroatoms. The lowest BCUT2D eigenvalue weighted by Crippen LogP contribution is -2.05. The van der Waals surface area contributed by atoms with Gasteiger partial charge in [-0.15, -0.1) is 0 Å². The van der Waals surface area contributed by atoms with Crippen molar-refractivity contribution in [3.63, 3.8) is 0 Å². The van der Waals surface area contributed by atoms with Crippen LogP contribution >= 0.6 is 0 Å². The molecule has 5 nitrogen and oxygen atoms in total. The van der Waals surface area contributed by atoms with Crippen molar-refractivity contribution in [1.82, 2.24) is 0 Å². The van der Waals surface area contributed by atoms with Gasteiger partial charge in [0, 0.05) is 11.6 Å². The van der Waals surface area contributed by atoms with Crippen molar-refractivity contribution in [2.24, 2.45) is 0 Å². The molecule has 2 aromatic carbocycles. The molecule has 0 unspecified atom stereocenters. The maximum atomic E-state index is 12.9. The number of aromatic hydroxyl groups is 3. The highest BCUT2D eigenvalue weighted by atomic mass is 16.3. The van der Waals surface area contributed by atoms with Crippen LogP contribution in [0.5, 0.6) is 17.2 Å². The number of fused-ring (bicyclic) bond motifs is 1. The Balaban J connectivity index is 1.95. The molecule has 0 spiro atoms. The molecule has 0 saturated carbocycles. The second kappa shape index (κ2) is 8.91. The summed E-state index contributed by atoms with van der Waals surface area (Å²) >= 11 is 0. The SMILES string of the molecule is CC(C)=CCCC(C)=CCc1cc(-c2coc3cc(O)ccc3c2=O)cc(O)c1O. The van der Waals surface area contributed by atoms with Crippen LogP contribution in [0.2, 0.25) is 0 Å². The standard InChI is InChI=1S/C25H26O5/c1-15(2)5-4-6-16(3)7-8-17-11-18(12-22(27)24(17)28)21-14-30-23-13-19(26)9-10-20(23)25(21)29/h5,7,9-14,26-28H,4,6,8H2,1-3H3. The van der Waals surface area contributed by atoms with E-state index in [2.05, 4.69) is 19.9 Å². The van der Waals surface area contributed by atoms with Gasteiger partial charge in [-0.25, -0.2) is 0 Å². The Morgan fingerprint density at radius 3 is 2.53 bits per heavy atom. The zero-order chi connectivity index (χ0) is 21.8. The molecule has 0 radical (unpaired) electrons. The minimum atomic E-state index is -0.289. The number of rotatable bonds is 6. The fourth-order valence-electron chi connectivity index (χ4n) is 3.28. The summed E-state index contributed by atoms with van der Waals surface area (Å²) in [7, 11) is 0. The molecule has 3 rings (SSSR count). The molecule has 0 fully saturated rings. The first-order chi connectivity index (χ1) is 14.3. The van der Waals surface area contributed by atoms with Gasteiger partial charge in [0.2, 0.25) is 0 Å². The number of allylic oxidation sites excluding steroid dienone is 4. The monoisotopic (exact) mass is 406 g/mol. The van der Waals surface area contributed by atoms with Crippen LogP contribution in [0.4, 0.5) is 0 Å². The van der Waals surface area contributed by atoms with E-state index in [0.29, 0.717) is 22.9 Å². The van der Waals surface area contributed by atoms with Crippen LogP contribution in [-0.4, -0.2) is 15.3 Å². The number of hydrogen-bond acceptors (Lipinski definition) is 5. The average molecular weight is 406 g/mol. The summed E-state index contributed by atoms with van der Waals surface area (Å²) in [5, 5.41) is 30.4. The van der Waals surface area contributed by atoms with E-state index in [9.17, 15) is 20.1 Å². The lowest BCUT2D eigenvalue weighted by Gasteiger charge is -2.10. The molecule has 0 aliphatic heterocycles. The van der Waals surface area contributed by atoms with Gasteiger partial charge >= 0.3 is 0 Å². The van der Waals surface area contributed by atoms with Gasteiger partial charge in [0.15, 0.2) is 16.9 Å². The second-order valence-corrected chi connectivity index (χ2v) is 7.74. The second-order valence-electron chi connectivity index (χ2n) is 7.74. The Morgan fingerprint density at radius 2 is 1.80 bits per heavy atom. The zero-order valence-electron chi connectivity index (χ0n) is 17.4. The molecule has 30 heavy (non-hydrogen) atoms. The van der Waals surface area contributed by atoms with E-state index in [0.717, 1.165) is 12.8 Å². The van der Waals surface area contributed by atoms with Gasteiger partial charge in [0.25, 0.3) is 0 Å². The maximum absolute atomic E-state index is 12.9. The van der Waals surface area contributed by atoms with Crippen LogP contribution in [0.3, 0.4) is 0 Å². The van der Waals surface area contributed by atoms with Crippen LogP contribution in [0.25, 0.3) is 22.1 Å². The van der Waals surface area contributed by atoms with Gasteiger partial charge in [0.1, 0.15) is 17.6 Å². The van der Waals surface area contributed by atoms with Crippen LogP contribution < -0.4 is 5.43 Å². The third-order valence-corrected chi connectivity index (χ3v) is 5.00. The van der Waals surface area contributed by atoms with Crippen molar-refractivity contribution in [1.29, 1.82) is 0 Å². The molecule has 1 aromatic heterocycles. The van der Waals surface area contributed by atoms with Crippen LogP contribution in [0.1, 0.15) is 39.2 Å². The first-order valence-corrected chi connectivity index (χ1v) is 9.85. The first-order valence-electron chi connectivity index (χ1n) is 9.85. The van der Waals surface area contributed by atoms with E-state index >= 15 is 0 Å². The number of hydrogen-bond donors (Lipinski definition) is 3. The van der Waals surface area contributed by atoms with Gasteiger partial charge < -0.3 is 19.7 Å². The highest BCUT2D eigenvalue weighted by Gasteiger charge is 2.14. The fourth-order valence-corrected chi connectivity index (χ4v) is 3.28. The van der Waals surface area contributed by atoms with Gasteiger partial charge in [-0.05, 0) is 69.9 Å². The third-order valence-electron chi connectivity index (χ3n) is 5.00. The molecule has 0 aliphatic rings. The Morgan fingerprint density at radius 1 is 1.03 bits per heavy atom. The van der Waals surface area contributed by atoms with Crippen molar-refractivity contribution in [2.75, 3.05) is 0 Å². The summed E-state index contributed by atoms with van der Waals surface area (Å²) in [5.74, 6) is -0.472. The van der Waals surface area contributed by atoms with E-state index in [4.69, 9.17) is 4.42 Å². The minimum Gasteiger partial charge on any atom is -0.508 e. The Kier molecular flexibility index (Phi) is 6.31. The predicted molar refractivity (Wildman–Crippen MR) is 119 cm³/mol. The number of phenols is 3. The summed E-state index contributed by atoms with van der Waals surface area (Å²) in [6.45, 7) is 6.17. The van der Waals surface area contributed by atoms with Gasteiger partial charge in [-0.1, -0.05) is 23.3 Å². The maximum Gasteiger partial charge on any atom is 0.200 e. The number of benzene rings is 2. The largest absolute Gasteiger partial charge is 0.508 e. The average Bonchev–Trinajstić information content (AvgIpc) is 2.69. The minimum absolute atomic E-state index is 0.00899. The summed E-state index contributed by atoms with van der Waals surface area (Å²) in [4.78, 5) is 12.9. The smallest absolute Gasteiger partial charge is 0.200 e. The molecule has 156 valence electrons. The summed E-state index contributed by atoms with van der Waals surface area (Å²) in [6.07, 6.45) is 7.80. The normalized spacial score (nSPS) is 11.6. The predicted octanol–water partition coefficient (Wildman–Crippen LogP) is 5.81. The Hall–Kier alpha value is -3.47. The molecule has 1 heterocycles. The van der Waals surface area contributed by atoms with E-state index in [1.165, 1.54) is 41.7 Å². The molecule has 3 N–H and O–H groups in total. The molecule has 0 aliphatic carbocycles. The van der Waals surface area contributed by atoms with E-state index in [-0.39, 0.29) is 33.8 Å². The van der Waals surface area contributed by atoms with Gasteiger partial charge in [0.05, 0.1) is 10.9 Å². The van der Waals surface area contributed by atoms with Crippen molar-refractivity contribution in [3.05, 3.63) is 75.7 Å².